The summed E-state index contributed by atoms with van der Waals surface area (Å²) in [6.07, 6.45) is -4.68. The van der Waals surface area contributed by atoms with E-state index in [2.05, 4.69) is 0 Å². The Balaban J connectivity index is 2.59. The van der Waals surface area contributed by atoms with E-state index in [1.165, 1.54) is 19.1 Å². The molecule has 0 aromatic heterocycles. The molecule has 1 aliphatic heterocycles. The number of ketones is 1. The third-order valence-electron chi connectivity index (χ3n) is 2.87. The monoisotopic (exact) mass is 288 g/mol. The molecule has 0 spiro atoms. The van der Waals surface area contributed by atoms with Gasteiger partial charge < -0.3 is 9.47 Å². The number of hydrogen-bond donors (Lipinski definition) is 0. The Morgan fingerprint density at radius 1 is 1.45 bits per heavy atom. The van der Waals surface area contributed by atoms with Gasteiger partial charge in [-0.2, -0.15) is 13.2 Å². The molecule has 4 nitrogen and oxygen atoms in total. The van der Waals surface area contributed by atoms with Crippen LogP contribution >= 0.6 is 0 Å². The van der Waals surface area contributed by atoms with Crippen LogP contribution in [0.25, 0.3) is 0 Å². The molecule has 20 heavy (non-hydrogen) atoms. The van der Waals surface area contributed by atoms with Crippen molar-refractivity contribution in [3.63, 3.8) is 0 Å². The maximum absolute atomic E-state index is 13.0. The van der Waals surface area contributed by atoms with E-state index in [9.17, 15) is 22.8 Å². The molecule has 0 fully saturated rings. The summed E-state index contributed by atoms with van der Waals surface area (Å²) in [6.45, 7) is 1.04. The van der Waals surface area contributed by atoms with Crippen LogP contribution in [0, 0.1) is 0 Å². The molecule has 1 atom stereocenters. The molecule has 0 N–H and O–H groups in total. The van der Waals surface area contributed by atoms with Crippen molar-refractivity contribution in [2.75, 3.05) is 13.2 Å². The van der Waals surface area contributed by atoms with Crippen molar-refractivity contribution in [1.29, 1.82) is 0 Å². The Kier molecular flexibility index (Phi) is 3.69. The number of esters is 1. The van der Waals surface area contributed by atoms with E-state index in [0.717, 1.165) is 6.07 Å². The van der Waals surface area contributed by atoms with Gasteiger partial charge in [-0.15, -0.1) is 0 Å². The molecule has 1 heterocycles. The number of carbonyl (C=O) groups is 2. The van der Waals surface area contributed by atoms with Crippen LogP contribution in [0.3, 0.4) is 0 Å². The number of ether oxygens (including phenoxy) is 2. The largest absolute Gasteiger partial charge is 0.485 e. The van der Waals surface area contributed by atoms with Crippen LogP contribution in [0.5, 0.6) is 5.75 Å². The van der Waals surface area contributed by atoms with Crippen LogP contribution in [0.1, 0.15) is 24.0 Å². The number of benzene rings is 1. The smallest absolute Gasteiger partial charge is 0.416 e. The lowest BCUT2D eigenvalue weighted by atomic mass is 9.88. The minimum atomic E-state index is -4.68. The van der Waals surface area contributed by atoms with Crippen molar-refractivity contribution in [3.05, 3.63) is 29.3 Å². The maximum Gasteiger partial charge on any atom is 0.416 e. The van der Waals surface area contributed by atoms with E-state index in [1.807, 2.05) is 0 Å². The van der Waals surface area contributed by atoms with Crippen LogP contribution in [0.15, 0.2) is 18.2 Å². The first-order valence-electron chi connectivity index (χ1n) is 5.88. The molecule has 0 aliphatic carbocycles. The van der Waals surface area contributed by atoms with Gasteiger partial charge in [0, 0.05) is 5.56 Å². The second kappa shape index (κ2) is 5.15. The Morgan fingerprint density at radius 3 is 2.75 bits per heavy atom. The van der Waals surface area contributed by atoms with E-state index >= 15 is 0 Å². The number of hydrogen-bond acceptors (Lipinski definition) is 4. The fraction of sp³-hybridized carbons (Fsp3) is 0.385. The molecule has 0 radical (unpaired) electrons. The molecule has 0 saturated carbocycles. The third-order valence-corrected chi connectivity index (χ3v) is 2.87. The molecular formula is C13H11F3O4. The zero-order valence-corrected chi connectivity index (χ0v) is 10.5. The van der Waals surface area contributed by atoms with Crippen molar-refractivity contribution in [2.24, 2.45) is 0 Å². The van der Waals surface area contributed by atoms with Crippen LogP contribution < -0.4 is 4.74 Å². The molecule has 1 unspecified atom stereocenters. The number of alkyl halides is 3. The first-order valence-corrected chi connectivity index (χ1v) is 5.88. The van der Waals surface area contributed by atoms with Crippen molar-refractivity contribution in [3.8, 4) is 5.75 Å². The number of Topliss-reactive ketones (excluding diaryl/α,β-unsaturated/α-hetero) is 1. The Hall–Kier alpha value is -2.05. The lowest BCUT2D eigenvalue weighted by Crippen LogP contribution is -2.34. The maximum atomic E-state index is 13.0. The quantitative estimate of drug-likeness (QED) is 0.619. The topological polar surface area (TPSA) is 52.6 Å². The van der Waals surface area contributed by atoms with E-state index in [1.54, 1.807) is 0 Å². The molecule has 7 heteroatoms. The zero-order chi connectivity index (χ0) is 14.9. The van der Waals surface area contributed by atoms with Gasteiger partial charge in [-0.1, -0.05) is 6.07 Å². The van der Waals surface area contributed by atoms with Crippen LogP contribution in [0.2, 0.25) is 0 Å². The normalized spacial score (nSPS) is 18.2. The van der Waals surface area contributed by atoms with Gasteiger partial charge in [0.05, 0.1) is 12.2 Å². The summed E-state index contributed by atoms with van der Waals surface area (Å²) in [5.74, 6) is -3.43. The molecule has 1 aromatic rings. The van der Waals surface area contributed by atoms with Crippen LogP contribution in [0.4, 0.5) is 13.2 Å². The van der Waals surface area contributed by atoms with Gasteiger partial charge in [0.1, 0.15) is 18.3 Å². The SMILES string of the molecule is CCOC(=O)C1C(=O)COc2cccc(C(F)(F)F)c21. The lowest BCUT2D eigenvalue weighted by molar-refractivity contribution is -0.150. The van der Waals surface area contributed by atoms with Gasteiger partial charge >= 0.3 is 12.1 Å². The van der Waals surface area contributed by atoms with Crippen molar-refractivity contribution in [1.82, 2.24) is 0 Å². The highest BCUT2D eigenvalue weighted by atomic mass is 19.4. The summed E-state index contributed by atoms with van der Waals surface area (Å²) < 4.78 is 48.7. The minimum Gasteiger partial charge on any atom is -0.485 e. The van der Waals surface area contributed by atoms with Crippen molar-refractivity contribution in [2.45, 2.75) is 19.0 Å². The van der Waals surface area contributed by atoms with E-state index in [-0.39, 0.29) is 12.4 Å². The molecule has 1 aliphatic rings. The highest BCUT2D eigenvalue weighted by molar-refractivity contribution is 6.07. The average molecular weight is 288 g/mol. The predicted octanol–water partition coefficient (Wildman–Crippen LogP) is 2.31. The van der Waals surface area contributed by atoms with Crippen molar-refractivity contribution < 1.29 is 32.2 Å². The lowest BCUT2D eigenvalue weighted by Gasteiger charge is -2.26. The number of rotatable bonds is 2. The second-order valence-electron chi connectivity index (χ2n) is 4.16. The molecule has 0 saturated heterocycles. The number of carbonyl (C=O) groups excluding carboxylic acids is 2. The van der Waals surface area contributed by atoms with Gasteiger partial charge in [-0.05, 0) is 19.1 Å². The summed E-state index contributed by atoms with van der Waals surface area (Å²) in [5.41, 5.74) is -1.52. The summed E-state index contributed by atoms with van der Waals surface area (Å²) in [5, 5.41) is 0. The molecule has 1 aromatic carbocycles. The van der Waals surface area contributed by atoms with Crippen LogP contribution in [-0.2, 0) is 20.5 Å². The molecule has 0 amide bonds. The predicted molar refractivity (Wildman–Crippen MR) is 61.3 cm³/mol. The second-order valence-corrected chi connectivity index (χ2v) is 4.16. The van der Waals surface area contributed by atoms with E-state index in [4.69, 9.17) is 9.47 Å². The fourth-order valence-corrected chi connectivity index (χ4v) is 2.08. The van der Waals surface area contributed by atoms with Crippen LogP contribution in [-0.4, -0.2) is 25.0 Å². The standard InChI is InChI=1S/C13H11F3O4/c1-2-19-12(18)11-8(17)6-20-9-5-3-4-7(10(9)11)13(14,15)16/h3-5,11H,2,6H2,1H3. The summed E-state index contributed by atoms with van der Waals surface area (Å²) in [6, 6.07) is 3.27. The summed E-state index contributed by atoms with van der Waals surface area (Å²) in [7, 11) is 0. The molecule has 0 bridgehead atoms. The van der Waals surface area contributed by atoms with E-state index < -0.39 is 41.6 Å². The average Bonchev–Trinajstić information content (AvgIpc) is 2.36. The highest BCUT2D eigenvalue weighted by Crippen LogP contribution is 2.42. The highest BCUT2D eigenvalue weighted by Gasteiger charge is 2.44. The van der Waals surface area contributed by atoms with Gasteiger partial charge in [0.25, 0.3) is 0 Å². The minimum absolute atomic E-state index is 0.0208. The molecular weight excluding hydrogens is 277 g/mol. The van der Waals surface area contributed by atoms with Crippen molar-refractivity contribution >= 4 is 11.8 Å². The first kappa shape index (κ1) is 14.4. The van der Waals surface area contributed by atoms with E-state index in [0.29, 0.717) is 0 Å². The summed E-state index contributed by atoms with van der Waals surface area (Å²) in [4.78, 5) is 23.5. The van der Waals surface area contributed by atoms with Gasteiger partial charge in [-0.25, -0.2) is 0 Å². The first-order chi connectivity index (χ1) is 9.36. The third kappa shape index (κ3) is 2.48. The Labute approximate surface area is 112 Å². The van der Waals surface area contributed by atoms with Gasteiger partial charge in [0.15, 0.2) is 5.78 Å². The Bertz CT molecular complexity index is 551. The van der Waals surface area contributed by atoms with Gasteiger partial charge in [0.2, 0.25) is 0 Å². The number of halogens is 3. The molecule has 2 rings (SSSR count). The zero-order valence-electron chi connectivity index (χ0n) is 10.5. The number of fused-ring (bicyclic) bond motifs is 1. The summed E-state index contributed by atoms with van der Waals surface area (Å²) >= 11 is 0. The Morgan fingerprint density at radius 2 is 2.15 bits per heavy atom. The molecule has 108 valence electrons. The fourth-order valence-electron chi connectivity index (χ4n) is 2.08. The van der Waals surface area contributed by atoms with Gasteiger partial charge in [-0.3, -0.25) is 9.59 Å².